The maximum atomic E-state index is 12.6. The van der Waals surface area contributed by atoms with Gasteiger partial charge in [0.25, 0.3) is 0 Å². The molecule has 3 heterocycles. The Morgan fingerprint density at radius 2 is 1.96 bits per heavy atom. The van der Waals surface area contributed by atoms with Gasteiger partial charge in [-0.2, -0.15) is 0 Å². The summed E-state index contributed by atoms with van der Waals surface area (Å²) in [6.45, 7) is 5.20. The van der Waals surface area contributed by atoms with Crippen molar-refractivity contribution in [1.82, 2.24) is 10.2 Å². The molecule has 0 spiro atoms. The number of nitrogens with zero attached hydrogens (tertiary/aromatic N) is 2. The van der Waals surface area contributed by atoms with Crippen molar-refractivity contribution in [2.45, 2.75) is 76.4 Å². The Kier molecular flexibility index (Phi) is 5.60. The van der Waals surface area contributed by atoms with Crippen LogP contribution in [0.15, 0.2) is 24.3 Å². The summed E-state index contributed by atoms with van der Waals surface area (Å²) >= 11 is 0. The summed E-state index contributed by atoms with van der Waals surface area (Å²) in [4.78, 5) is 17.4. The van der Waals surface area contributed by atoms with Crippen LogP contribution < -0.4 is 10.2 Å². The summed E-state index contributed by atoms with van der Waals surface area (Å²) in [6, 6.07) is 10.6. The number of carbonyl (C=O) groups excluding carboxylic acids is 1. The van der Waals surface area contributed by atoms with E-state index in [0.717, 1.165) is 37.7 Å². The number of nitrogens with one attached hydrogen (secondary N) is 1. The molecule has 1 aromatic carbocycles. The second-order valence-corrected chi connectivity index (χ2v) is 8.19. The van der Waals surface area contributed by atoms with Crippen LogP contribution in [-0.2, 0) is 4.79 Å². The monoisotopic (exact) mass is 355 g/mol. The average Bonchev–Trinajstić information content (AvgIpc) is 3.13. The highest BCUT2D eigenvalue weighted by Crippen LogP contribution is 2.40. The lowest BCUT2D eigenvalue weighted by Crippen LogP contribution is -2.48. The highest BCUT2D eigenvalue weighted by atomic mass is 16.2. The van der Waals surface area contributed by atoms with E-state index in [9.17, 15) is 4.79 Å². The molecule has 1 aromatic rings. The van der Waals surface area contributed by atoms with Crippen molar-refractivity contribution in [1.29, 1.82) is 0 Å². The Morgan fingerprint density at radius 3 is 2.69 bits per heavy atom. The lowest BCUT2D eigenvalue weighted by atomic mass is 10.0. The zero-order chi connectivity index (χ0) is 17.9. The highest BCUT2D eigenvalue weighted by molar-refractivity contribution is 5.93. The maximum absolute atomic E-state index is 12.6. The predicted molar refractivity (Wildman–Crippen MR) is 106 cm³/mol. The molecule has 0 saturated carbocycles. The standard InChI is InChI=1S/C22H33N3O/c1-2-22(26)25(20-7-5-14-23-16-20)19-10-8-17(9-11-19)21-13-12-18-6-3-4-15-24(18)21/h8-11,18,20-21,23H,2-7,12-16H2,1H3/t18-,20?,21+/m1/s1. The van der Waals surface area contributed by atoms with Crippen LogP contribution in [0.2, 0.25) is 0 Å². The van der Waals surface area contributed by atoms with E-state index in [4.69, 9.17) is 0 Å². The molecule has 4 nitrogen and oxygen atoms in total. The van der Waals surface area contributed by atoms with Crippen LogP contribution in [0.5, 0.6) is 0 Å². The van der Waals surface area contributed by atoms with Crippen molar-refractivity contribution >= 4 is 11.6 Å². The number of hydrogen-bond donors (Lipinski definition) is 1. The molecule has 3 aliphatic heterocycles. The summed E-state index contributed by atoms with van der Waals surface area (Å²) in [5.41, 5.74) is 2.51. The SMILES string of the molecule is CCC(=O)N(c1ccc([C@@H]2CC[C@H]3CCCCN32)cc1)C1CCCNC1. The first-order chi connectivity index (χ1) is 12.8. The molecule has 26 heavy (non-hydrogen) atoms. The largest absolute Gasteiger partial charge is 0.315 e. The van der Waals surface area contributed by atoms with Crippen molar-refractivity contribution in [3.05, 3.63) is 29.8 Å². The highest BCUT2D eigenvalue weighted by Gasteiger charge is 2.35. The molecule has 3 atom stereocenters. The molecule has 3 saturated heterocycles. The quantitative estimate of drug-likeness (QED) is 0.890. The third-order valence-electron chi connectivity index (χ3n) is 6.61. The molecule has 0 radical (unpaired) electrons. The summed E-state index contributed by atoms with van der Waals surface area (Å²) in [6.07, 6.45) is 9.56. The fourth-order valence-corrected chi connectivity index (χ4v) is 5.26. The summed E-state index contributed by atoms with van der Waals surface area (Å²) in [5, 5.41) is 3.45. The molecule has 0 bridgehead atoms. The Hall–Kier alpha value is -1.39. The van der Waals surface area contributed by atoms with Gasteiger partial charge in [0.2, 0.25) is 5.91 Å². The molecule has 0 aromatic heterocycles. The van der Waals surface area contributed by atoms with E-state index < -0.39 is 0 Å². The minimum atomic E-state index is 0.239. The molecular weight excluding hydrogens is 322 g/mol. The van der Waals surface area contributed by atoms with E-state index in [-0.39, 0.29) is 5.91 Å². The van der Waals surface area contributed by atoms with Crippen molar-refractivity contribution in [2.24, 2.45) is 0 Å². The van der Waals surface area contributed by atoms with Gasteiger partial charge in [-0.1, -0.05) is 25.5 Å². The molecule has 142 valence electrons. The second kappa shape index (κ2) is 8.10. The van der Waals surface area contributed by atoms with Crippen LogP contribution >= 0.6 is 0 Å². The number of rotatable bonds is 4. The number of hydrogen-bond acceptors (Lipinski definition) is 3. The van der Waals surface area contributed by atoms with E-state index in [0.29, 0.717) is 18.5 Å². The van der Waals surface area contributed by atoms with Crippen LogP contribution in [0.25, 0.3) is 0 Å². The first-order valence-corrected chi connectivity index (χ1v) is 10.7. The Morgan fingerprint density at radius 1 is 1.12 bits per heavy atom. The van der Waals surface area contributed by atoms with Gasteiger partial charge in [-0.05, 0) is 69.3 Å². The topological polar surface area (TPSA) is 35.6 Å². The van der Waals surface area contributed by atoms with Crippen LogP contribution in [0.1, 0.15) is 69.9 Å². The summed E-state index contributed by atoms with van der Waals surface area (Å²) in [7, 11) is 0. The van der Waals surface area contributed by atoms with Crippen molar-refractivity contribution in [3.8, 4) is 0 Å². The molecular formula is C22H33N3O. The van der Waals surface area contributed by atoms with E-state index in [1.54, 1.807) is 0 Å². The molecule has 1 N–H and O–H groups in total. The van der Waals surface area contributed by atoms with Gasteiger partial charge in [0.1, 0.15) is 0 Å². The Bertz CT molecular complexity index is 608. The molecule has 1 unspecified atom stereocenters. The zero-order valence-electron chi connectivity index (χ0n) is 16.1. The van der Waals surface area contributed by atoms with Gasteiger partial charge in [-0.3, -0.25) is 9.69 Å². The van der Waals surface area contributed by atoms with Crippen molar-refractivity contribution in [2.75, 3.05) is 24.5 Å². The van der Waals surface area contributed by atoms with Gasteiger partial charge in [0.15, 0.2) is 0 Å². The number of piperidine rings is 2. The van der Waals surface area contributed by atoms with Gasteiger partial charge in [0, 0.05) is 36.8 Å². The van der Waals surface area contributed by atoms with Gasteiger partial charge >= 0.3 is 0 Å². The number of benzene rings is 1. The number of fused-ring (bicyclic) bond motifs is 1. The number of amides is 1. The number of carbonyl (C=O) groups is 1. The van der Waals surface area contributed by atoms with Gasteiger partial charge in [-0.15, -0.1) is 0 Å². The van der Waals surface area contributed by atoms with E-state index in [1.807, 2.05) is 11.8 Å². The molecule has 3 fully saturated rings. The predicted octanol–water partition coefficient (Wildman–Crippen LogP) is 3.87. The van der Waals surface area contributed by atoms with E-state index >= 15 is 0 Å². The lowest BCUT2D eigenvalue weighted by molar-refractivity contribution is -0.118. The number of anilines is 1. The average molecular weight is 356 g/mol. The molecule has 3 aliphatic rings. The Labute approximate surface area is 157 Å². The minimum Gasteiger partial charge on any atom is -0.315 e. The van der Waals surface area contributed by atoms with Crippen LogP contribution in [0, 0.1) is 0 Å². The molecule has 4 heteroatoms. The molecule has 1 amide bonds. The normalized spacial score (nSPS) is 29.3. The molecule has 0 aliphatic carbocycles. The minimum absolute atomic E-state index is 0.239. The fraction of sp³-hybridized carbons (Fsp3) is 0.682. The molecule has 4 rings (SSSR count). The maximum Gasteiger partial charge on any atom is 0.227 e. The second-order valence-electron chi connectivity index (χ2n) is 8.19. The van der Waals surface area contributed by atoms with Gasteiger partial charge in [-0.25, -0.2) is 0 Å². The first-order valence-electron chi connectivity index (χ1n) is 10.7. The van der Waals surface area contributed by atoms with Gasteiger partial charge in [0.05, 0.1) is 0 Å². The van der Waals surface area contributed by atoms with Gasteiger partial charge < -0.3 is 10.2 Å². The van der Waals surface area contributed by atoms with E-state index in [2.05, 4.69) is 34.5 Å². The van der Waals surface area contributed by atoms with Crippen LogP contribution in [0.4, 0.5) is 5.69 Å². The van der Waals surface area contributed by atoms with Crippen molar-refractivity contribution < 1.29 is 4.79 Å². The summed E-state index contributed by atoms with van der Waals surface area (Å²) in [5.74, 6) is 0.239. The smallest absolute Gasteiger partial charge is 0.227 e. The lowest BCUT2D eigenvalue weighted by Gasteiger charge is -2.36. The fourth-order valence-electron chi connectivity index (χ4n) is 5.26. The summed E-state index contributed by atoms with van der Waals surface area (Å²) < 4.78 is 0. The van der Waals surface area contributed by atoms with Crippen LogP contribution in [-0.4, -0.2) is 42.5 Å². The van der Waals surface area contributed by atoms with E-state index in [1.165, 1.54) is 44.2 Å². The third kappa shape index (κ3) is 3.54. The zero-order valence-corrected chi connectivity index (χ0v) is 16.1. The first kappa shape index (κ1) is 18.0. The van der Waals surface area contributed by atoms with Crippen molar-refractivity contribution in [3.63, 3.8) is 0 Å². The Balaban J connectivity index is 1.52. The third-order valence-corrected chi connectivity index (χ3v) is 6.61. The van der Waals surface area contributed by atoms with Crippen LogP contribution in [0.3, 0.4) is 0 Å².